The molecule has 3 heterocycles. The Morgan fingerprint density at radius 2 is 2.08 bits per heavy atom. The number of aryl methyl sites for hydroxylation is 1. The maximum absolute atomic E-state index is 15.4. The summed E-state index contributed by atoms with van der Waals surface area (Å²) in [5.74, 6) is -0.390. The molecule has 0 saturated heterocycles. The number of carbonyl (C=O) groups excluding carboxylic acids is 1. The molecule has 2 N–H and O–H groups in total. The van der Waals surface area contributed by atoms with Crippen molar-refractivity contribution in [1.29, 1.82) is 0 Å². The van der Waals surface area contributed by atoms with Crippen molar-refractivity contribution in [2.45, 2.75) is 24.1 Å². The van der Waals surface area contributed by atoms with Crippen LogP contribution in [0.5, 0.6) is 0 Å². The van der Waals surface area contributed by atoms with E-state index >= 15 is 4.39 Å². The van der Waals surface area contributed by atoms with Crippen LogP contribution in [-0.4, -0.2) is 39.7 Å². The average Bonchev–Trinajstić information content (AvgIpc) is 3.53. The number of allylic oxidation sites excluding steroid dienone is 3. The lowest BCUT2D eigenvalue weighted by Crippen LogP contribution is -2.24. The summed E-state index contributed by atoms with van der Waals surface area (Å²) in [6, 6.07) is 4.79. The summed E-state index contributed by atoms with van der Waals surface area (Å²) in [4.78, 5) is 21.0. The lowest BCUT2D eigenvalue weighted by atomic mass is 10.0. The number of thiazole rings is 1. The normalized spacial score (nSPS) is 16.4. The molecule has 3 aromatic heterocycles. The molecule has 0 spiro atoms. The highest BCUT2D eigenvalue weighted by molar-refractivity contribution is 7.92. The van der Waals surface area contributed by atoms with Gasteiger partial charge in [-0.2, -0.15) is 5.10 Å². The van der Waals surface area contributed by atoms with Crippen LogP contribution in [0.15, 0.2) is 60.3 Å². The Morgan fingerprint density at radius 1 is 1.25 bits per heavy atom. The van der Waals surface area contributed by atoms with E-state index in [1.807, 2.05) is 0 Å². The summed E-state index contributed by atoms with van der Waals surface area (Å²) in [6.07, 6.45) is 9.60. The Balaban J connectivity index is 1.52. The van der Waals surface area contributed by atoms with Crippen LogP contribution in [0, 0.1) is 6.92 Å². The van der Waals surface area contributed by atoms with Crippen molar-refractivity contribution in [3.05, 3.63) is 81.7 Å². The molecule has 0 bridgehead atoms. The molecule has 1 aliphatic rings. The van der Waals surface area contributed by atoms with E-state index in [2.05, 4.69) is 25.5 Å². The van der Waals surface area contributed by atoms with Crippen LogP contribution in [0.25, 0.3) is 22.0 Å². The van der Waals surface area contributed by atoms with Crippen LogP contribution in [0.3, 0.4) is 0 Å². The van der Waals surface area contributed by atoms with Crippen molar-refractivity contribution in [3.8, 4) is 11.1 Å². The molecule has 184 valence electrons. The molecule has 0 saturated carbocycles. The fourth-order valence-corrected chi connectivity index (χ4v) is 6.28. The third-order valence-corrected chi connectivity index (χ3v) is 8.87. The molecular formula is C24H19ClFN5O3S2. The number of hydrogen-bond donors (Lipinski definition) is 2. The minimum Gasteiger partial charge on any atom is -0.320 e. The smallest absolute Gasteiger partial charge is 0.275 e. The fraction of sp³-hybridized carbons (Fsp3) is 0.167. The van der Waals surface area contributed by atoms with Gasteiger partial charge in [0.1, 0.15) is 10.8 Å². The van der Waals surface area contributed by atoms with E-state index in [0.717, 1.165) is 5.01 Å². The summed E-state index contributed by atoms with van der Waals surface area (Å²) in [6.45, 7) is 1.81. The number of nitrogens with zero attached hydrogens (tertiary/aromatic N) is 3. The number of aromatic nitrogens is 4. The van der Waals surface area contributed by atoms with Crippen LogP contribution >= 0.6 is 22.9 Å². The number of rotatable bonds is 6. The van der Waals surface area contributed by atoms with Gasteiger partial charge in [-0.1, -0.05) is 35.9 Å². The van der Waals surface area contributed by atoms with E-state index < -0.39 is 26.5 Å². The molecule has 0 fully saturated rings. The standard InChI is InChI=1S/C24H19ClFN5O3S2/c1-13-29-21(12-35-13)24(32)30-19-8-14(9-20-18(19)11-28-31-20)15-7-17(22(25)27-10-15)23(26)36(33,34)16-5-3-2-4-6-16/h2-5,7-12,16,23H,6H2,1H3,(H,28,31)(H,30,32). The number of hydrogen-bond acceptors (Lipinski definition) is 7. The van der Waals surface area contributed by atoms with E-state index in [4.69, 9.17) is 11.6 Å². The largest absolute Gasteiger partial charge is 0.320 e. The van der Waals surface area contributed by atoms with Crippen LogP contribution < -0.4 is 5.32 Å². The Morgan fingerprint density at radius 3 is 2.81 bits per heavy atom. The predicted octanol–water partition coefficient (Wildman–Crippen LogP) is 5.56. The molecule has 5 rings (SSSR count). The second-order valence-electron chi connectivity index (χ2n) is 8.16. The second-order valence-corrected chi connectivity index (χ2v) is 11.8. The lowest BCUT2D eigenvalue weighted by Gasteiger charge is -2.19. The van der Waals surface area contributed by atoms with Gasteiger partial charge in [0.05, 0.1) is 27.7 Å². The fourth-order valence-electron chi connectivity index (χ4n) is 3.89. The monoisotopic (exact) mass is 543 g/mol. The Hall–Kier alpha value is -3.41. The number of carbonyl (C=O) groups is 1. The maximum atomic E-state index is 15.4. The number of aromatic amines is 1. The van der Waals surface area contributed by atoms with Gasteiger partial charge in [0.25, 0.3) is 5.91 Å². The molecule has 0 aliphatic heterocycles. The molecular weight excluding hydrogens is 525 g/mol. The van der Waals surface area contributed by atoms with Crippen molar-refractivity contribution >= 4 is 55.3 Å². The van der Waals surface area contributed by atoms with E-state index in [9.17, 15) is 13.2 Å². The second kappa shape index (κ2) is 9.57. The number of halogens is 2. The minimum atomic E-state index is -4.22. The number of fused-ring (bicyclic) bond motifs is 1. The Labute approximate surface area is 214 Å². The zero-order valence-corrected chi connectivity index (χ0v) is 21.2. The van der Waals surface area contributed by atoms with Gasteiger partial charge in [-0.15, -0.1) is 11.3 Å². The van der Waals surface area contributed by atoms with Crippen LogP contribution in [0.1, 0.15) is 33.0 Å². The summed E-state index contributed by atoms with van der Waals surface area (Å²) in [7, 11) is -4.22. The summed E-state index contributed by atoms with van der Waals surface area (Å²) >= 11 is 7.51. The quantitative estimate of drug-likeness (QED) is 0.307. The summed E-state index contributed by atoms with van der Waals surface area (Å²) in [5.41, 5.74) is -0.293. The predicted molar refractivity (Wildman–Crippen MR) is 139 cm³/mol. The molecule has 0 radical (unpaired) electrons. The number of nitrogens with one attached hydrogen (secondary N) is 2. The highest BCUT2D eigenvalue weighted by Crippen LogP contribution is 2.37. The topological polar surface area (TPSA) is 118 Å². The molecule has 4 aromatic rings. The van der Waals surface area contributed by atoms with E-state index in [-0.39, 0.29) is 22.8 Å². The number of alkyl halides is 1. The number of pyridine rings is 1. The summed E-state index contributed by atoms with van der Waals surface area (Å²) in [5, 5.41) is 11.6. The van der Waals surface area contributed by atoms with Crippen molar-refractivity contribution in [3.63, 3.8) is 0 Å². The number of H-pyrrole nitrogens is 1. The molecule has 2 unspecified atom stereocenters. The third-order valence-electron chi connectivity index (χ3n) is 5.75. The number of anilines is 1. The van der Waals surface area contributed by atoms with Gasteiger partial charge < -0.3 is 5.32 Å². The van der Waals surface area contributed by atoms with Gasteiger partial charge in [0.15, 0.2) is 9.84 Å². The van der Waals surface area contributed by atoms with Gasteiger partial charge in [-0.25, -0.2) is 22.8 Å². The van der Waals surface area contributed by atoms with Crippen LogP contribution in [-0.2, 0) is 9.84 Å². The molecule has 12 heteroatoms. The van der Waals surface area contributed by atoms with E-state index in [1.165, 1.54) is 29.7 Å². The lowest BCUT2D eigenvalue weighted by molar-refractivity contribution is 0.102. The number of benzene rings is 1. The highest BCUT2D eigenvalue weighted by Gasteiger charge is 2.35. The van der Waals surface area contributed by atoms with Crippen LogP contribution in [0.4, 0.5) is 10.1 Å². The molecule has 2 atom stereocenters. The zero-order chi connectivity index (χ0) is 25.4. The first-order chi connectivity index (χ1) is 17.2. The first-order valence-electron chi connectivity index (χ1n) is 10.8. The Bertz CT molecular complexity index is 1640. The van der Waals surface area contributed by atoms with Gasteiger partial charge >= 0.3 is 0 Å². The molecule has 8 nitrogen and oxygen atoms in total. The van der Waals surface area contributed by atoms with Crippen molar-refractivity contribution < 1.29 is 17.6 Å². The first kappa shape index (κ1) is 24.3. The van der Waals surface area contributed by atoms with Gasteiger partial charge in [0.2, 0.25) is 5.50 Å². The van der Waals surface area contributed by atoms with E-state index in [0.29, 0.717) is 27.7 Å². The Kier molecular flexibility index (Phi) is 6.45. The highest BCUT2D eigenvalue weighted by atomic mass is 35.5. The third kappa shape index (κ3) is 4.57. The average molecular weight is 544 g/mol. The molecule has 36 heavy (non-hydrogen) atoms. The zero-order valence-electron chi connectivity index (χ0n) is 18.8. The summed E-state index contributed by atoms with van der Waals surface area (Å²) < 4.78 is 41.3. The maximum Gasteiger partial charge on any atom is 0.275 e. The first-order valence-corrected chi connectivity index (χ1v) is 13.7. The van der Waals surface area contributed by atoms with E-state index in [1.54, 1.807) is 48.9 Å². The molecule has 1 amide bonds. The minimum absolute atomic E-state index is 0.183. The SMILES string of the molecule is Cc1nc(C(=O)Nc2cc(-c3cnc(Cl)c(C(F)S(=O)(=O)C4C=CC=CC4)c3)cc3[nH]ncc23)cs1. The van der Waals surface area contributed by atoms with Crippen molar-refractivity contribution in [1.82, 2.24) is 20.2 Å². The van der Waals surface area contributed by atoms with Crippen LogP contribution in [0.2, 0.25) is 5.15 Å². The number of sulfone groups is 1. The number of amides is 1. The van der Waals surface area contributed by atoms with Crippen molar-refractivity contribution in [2.24, 2.45) is 0 Å². The van der Waals surface area contributed by atoms with Gasteiger partial charge in [0, 0.05) is 28.1 Å². The van der Waals surface area contributed by atoms with Gasteiger partial charge in [-0.3, -0.25) is 9.89 Å². The molecule has 1 aromatic carbocycles. The van der Waals surface area contributed by atoms with Gasteiger partial charge in [-0.05, 0) is 37.1 Å². The van der Waals surface area contributed by atoms with Crippen molar-refractivity contribution in [2.75, 3.05) is 5.32 Å². The molecule has 1 aliphatic carbocycles.